The van der Waals surface area contributed by atoms with Crippen LogP contribution < -0.4 is 5.32 Å². The van der Waals surface area contributed by atoms with Crippen molar-refractivity contribution in [1.82, 2.24) is 10.2 Å². The van der Waals surface area contributed by atoms with Crippen molar-refractivity contribution in [2.24, 2.45) is 5.92 Å². The Balaban J connectivity index is 2.48. The van der Waals surface area contributed by atoms with Crippen LogP contribution in [0.5, 0.6) is 0 Å². The molecule has 0 aromatic carbocycles. The Hall–Kier alpha value is -1.10. The Morgan fingerprint density at radius 3 is 2.47 bits per heavy atom. The van der Waals surface area contributed by atoms with Crippen LogP contribution in [-0.4, -0.2) is 47.1 Å². The Morgan fingerprint density at radius 1 is 1.32 bits per heavy atom. The van der Waals surface area contributed by atoms with Gasteiger partial charge in [0.05, 0.1) is 6.42 Å². The summed E-state index contributed by atoms with van der Waals surface area (Å²) in [7, 11) is 0. The fourth-order valence-corrected chi connectivity index (χ4v) is 2.47. The molecule has 2 N–H and O–H groups in total. The molecule has 1 atom stereocenters. The van der Waals surface area contributed by atoms with Crippen molar-refractivity contribution in [3.63, 3.8) is 0 Å². The third-order valence-electron chi connectivity index (χ3n) is 3.59. The maximum absolute atomic E-state index is 12.3. The highest BCUT2D eigenvalue weighted by atomic mass is 16.4. The molecule has 0 aliphatic carbocycles. The average Bonchev–Trinajstić information content (AvgIpc) is 2.76. The van der Waals surface area contributed by atoms with Gasteiger partial charge in [-0.05, 0) is 52.6 Å². The van der Waals surface area contributed by atoms with E-state index >= 15 is 0 Å². The number of aliphatic carboxylic acids is 1. The zero-order chi connectivity index (χ0) is 14.5. The molecule has 110 valence electrons. The summed E-state index contributed by atoms with van der Waals surface area (Å²) >= 11 is 0. The van der Waals surface area contributed by atoms with E-state index in [1.807, 2.05) is 20.8 Å². The molecule has 0 bridgehead atoms. The molecule has 1 unspecified atom stereocenters. The first-order valence-corrected chi connectivity index (χ1v) is 7.03. The lowest BCUT2D eigenvalue weighted by Crippen LogP contribution is -2.46. The maximum Gasteiger partial charge on any atom is 0.305 e. The second-order valence-electron chi connectivity index (χ2n) is 6.26. The summed E-state index contributed by atoms with van der Waals surface area (Å²) in [5.74, 6) is -0.201. The van der Waals surface area contributed by atoms with Crippen LogP contribution in [0.1, 0.15) is 46.5 Å². The number of hydrogen-bond donors (Lipinski definition) is 2. The molecule has 1 fully saturated rings. The number of hydrogen-bond acceptors (Lipinski definition) is 3. The summed E-state index contributed by atoms with van der Waals surface area (Å²) in [5, 5.41) is 12.1. The standard InChI is InChI=1S/C14H26N2O3/c1-14(2,3)16(9-7-13(18)19)12(17)5-4-11-6-8-15-10-11/h11,15H,4-10H2,1-3H3,(H,18,19). The highest BCUT2D eigenvalue weighted by Gasteiger charge is 2.27. The Kier molecular flexibility index (Phi) is 5.79. The fourth-order valence-electron chi connectivity index (χ4n) is 2.47. The zero-order valence-electron chi connectivity index (χ0n) is 12.2. The summed E-state index contributed by atoms with van der Waals surface area (Å²) in [6, 6.07) is 0. The molecule has 0 aromatic heterocycles. The quantitative estimate of drug-likeness (QED) is 0.767. The molecule has 1 aliphatic heterocycles. The predicted molar refractivity (Wildman–Crippen MR) is 73.9 cm³/mol. The van der Waals surface area contributed by atoms with Crippen LogP contribution in [0.25, 0.3) is 0 Å². The maximum atomic E-state index is 12.3. The van der Waals surface area contributed by atoms with Gasteiger partial charge in [0.1, 0.15) is 0 Å². The van der Waals surface area contributed by atoms with Crippen molar-refractivity contribution in [3.8, 4) is 0 Å². The first kappa shape index (κ1) is 16.0. The molecule has 0 saturated carbocycles. The lowest BCUT2D eigenvalue weighted by molar-refractivity contribution is -0.140. The smallest absolute Gasteiger partial charge is 0.305 e. The Morgan fingerprint density at radius 2 is 2.00 bits per heavy atom. The third kappa shape index (κ3) is 5.59. The van der Waals surface area contributed by atoms with Gasteiger partial charge in [0.15, 0.2) is 0 Å². The number of nitrogens with one attached hydrogen (secondary N) is 1. The summed E-state index contributed by atoms with van der Waals surface area (Å²) in [6.07, 6.45) is 2.56. The minimum Gasteiger partial charge on any atom is -0.481 e. The molecule has 1 amide bonds. The monoisotopic (exact) mass is 270 g/mol. The van der Waals surface area contributed by atoms with Crippen molar-refractivity contribution in [3.05, 3.63) is 0 Å². The van der Waals surface area contributed by atoms with E-state index in [-0.39, 0.29) is 17.9 Å². The van der Waals surface area contributed by atoms with Crippen molar-refractivity contribution in [2.75, 3.05) is 19.6 Å². The fraction of sp³-hybridized carbons (Fsp3) is 0.857. The largest absolute Gasteiger partial charge is 0.481 e. The molecule has 5 nitrogen and oxygen atoms in total. The molecule has 0 spiro atoms. The Bertz CT molecular complexity index is 317. The van der Waals surface area contributed by atoms with E-state index in [1.54, 1.807) is 4.90 Å². The van der Waals surface area contributed by atoms with Gasteiger partial charge in [-0.2, -0.15) is 0 Å². The molecule has 1 rings (SSSR count). The van der Waals surface area contributed by atoms with Crippen LogP contribution in [0.4, 0.5) is 0 Å². The third-order valence-corrected chi connectivity index (χ3v) is 3.59. The van der Waals surface area contributed by atoms with Gasteiger partial charge in [-0.3, -0.25) is 9.59 Å². The number of carbonyl (C=O) groups excluding carboxylic acids is 1. The lowest BCUT2D eigenvalue weighted by Gasteiger charge is -2.35. The van der Waals surface area contributed by atoms with Crippen LogP contribution in [0.2, 0.25) is 0 Å². The molecule has 0 radical (unpaired) electrons. The second kappa shape index (κ2) is 6.89. The molecule has 1 heterocycles. The van der Waals surface area contributed by atoms with Gasteiger partial charge in [0.25, 0.3) is 0 Å². The Labute approximate surface area is 115 Å². The second-order valence-corrected chi connectivity index (χ2v) is 6.26. The summed E-state index contributed by atoms with van der Waals surface area (Å²) in [6.45, 7) is 8.18. The molecular weight excluding hydrogens is 244 g/mol. The molecule has 5 heteroatoms. The summed E-state index contributed by atoms with van der Waals surface area (Å²) in [5.41, 5.74) is -0.319. The normalized spacial score (nSPS) is 19.4. The van der Waals surface area contributed by atoms with Crippen molar-refractivity contribution >= 4 is 11.9 Å². The summed E-state index contributed by atoms with van der Waals surface area (Å²) in [4.78, 5) is 24.6. The number of carboxylic acids is 1. The number of carbonyl (C=O) groups is 2. The van der Waals surface area contributed by atoms with Crippen LogP contribution >= 0.6 is 0 Å². The van der Waals surface area contributed by atoms with Crippen LogP contribution in [0.3, 0.4) is 0 Å². The van der Waals surface area contributed by atoms with Crippen molar-refractivity contribution in [1.29, 1.82) is 0 Å². The predicted octanol–water partition coefficient (Wildman–Crippen LogP) is 1.48. The van der Waals surface area contributed by atoms with Gasteiger partial charge >= 0.3 is 5.97 Å². The van der Waals surface area contributed by atoms with Crippen LogP contribution in [0.15, 0.2) is 0 Å². The highest BCUT2D eigenvalue weighted by molar-refractivity contribution is 5.77. The van der Waals surface area contributed by atoms with Gasteiger partial charge in [0.2, 0.25) is 5.91 Å². The van der Waals surface area contributed by atoms with Crippen molar-refractivity contribution < 1.29 is 14.7 Å². The van der Waals surface area contributed by atoms with Gasteiger partial charge in [-0.1, -0.05) is 0 Å². The lowest BCUT2D eigenvalue weighted by atomic mass is 10.00. The molecule has 1 saturated heterocycles. The number of rotatable bonds is 6. The van der Waals surface area contributed by atoms with Gasteiger partial charge in [0, 0.05) is 18.5 Å². The molecule has 1 aliphatic rings. The average molecular weight is 270 g/mol. The van der Waals surface area contributed by atoms with Crippen LogP contribution in [0, 0.1) is 5.92 Å². The van der Waals surface area contributed by atoms with E-state index in [9.17, 15) is 9.59 Å². The minimum absolute atomic E-state index is 0.00793. The van der Waals surface area contributed by atoms with Gasteiger partial charge in [-0.25, -0.2) is 0 Å². The SMILES string of the molecule is CC(C)(C)N(CCC(=O)O)C(=O)CCC1CCNC1. The first-order chi connectivity index (χ1) is 8.80. The molecule has 0 aromatic rings. The molecular formula is C14H26N2O3. The number of carboxylic acid groups (broad SMARTS) is 1. The van der Waals surface area contributed by atoms with E-state index < -0.39 is 5.97 Å². The highest BCUT2D eigenvalue weighted by Crippen LogP contribution is 2.19. The van der Waals surface area contributed by atoms with Gasteiger partial charge in [-0.15, -0.1) is 0 Å². The zero-order valence-corrected chi connectivity index (χ0v) is 12.2. The number of nitrogens with zero attached hydrogens (tertiary/aromatic N) is 1. The number of amides is 1. The van der Waals surface area contributed by atoms with E-state index in [2.05, 4.69) is 5.32 Å². The van der Waals surface area contributed by atoms with E-state index in [0.29, 0.717) is 18.9 Å². The van der Waals surface area contributed by atoms with Crippen molar-refractivity contribution in [2.45, 2.75) is 52.0 Å². The summed E-state index contributed by atoms with van der Waals surface area (Å²) < 4.78 is 0. The van der Waals surface area contributed by atoms with Crippen LogP contribution in [-0.2, 0) is 9.59 Å². The van der Waals surface area contributed by atoms with E-state index in [4.69, 9.17) is 5.11 Å². The topological polar surface area (TPSA) is 69.6 Å². The first-order valence-electron chi connectivity index (χ1n) is 7.03. The van der Waals surface area contributed by atoms with E-state index in [0.717, 1.165) is 25.9 Å². The minimum atomic E-state index is -0.859. The van der Waals surface area contributed by atoms with E-state index in [1.165, 1.54) is 0 Å². The molecule has 19 heavy (non-hydrogen) atoms. The van der Waals surface area contributed by atoms with Gasteiger partial charge < -0.3 is 15.3 Å².